The molecule has 17 heavy (non-hydrogen) atoms. The smallest absolute Gasteiger partial charge is 0.260 e. The summed E-state index contributed by atoms with van der Waals surface area (Å²) in [5, 5.41) is 2.64. The molecule has 0 radical (unpaired) electrons. The number of carbonyl (C=O) groups is 1. The van der Waals surface area contributed by atoms with E-state index in [9.17, 15) is 13.2 Å². The maximum absolute atomic E-state index is 12.2. The number of imidazole rings is 1. The zero-order chi connectivity index (χ0) is 12.6. The predicted molar refractivity (Wildman–Crippen MR) is 59.7 cm³/mol. The molecule has 7 nitrogen and oxygen atoms in total. The van der Waals surface area contributed by atoms with Crippen LogP contribution in [-0.2, 0) is 14.8 Å². The number of amides is 1. The topological polar surface area (TPSA) is 95.2 Å². The first-order valence-corrected chi connectivity index (χ1v) is 6.68. The van der Waals surface area contributed by atoms with E-state index in [1.807, 2.05) is 0 Å². The average Bonchev–Trinajstić information content (AvgIpc) is 2.69. The van der Waals surface area contributed by atoms with Crippen LogP contribution in [0.1, 0.15) is 12.7 Å². The fourth-order valence-corrected chi connectivity index (χ4v) is 3.30. The molecule has 2 N–H and O–H groups in total. The molecule has 0 aliphatic carbocycles. The Bertz CT molecular complexity index is 536. The van der Waals surface area contributed by atoms with Gasteiger partial charge in [-0.3, -0.25) is 4.79 Å². The van der Waals surface area contributed by atoms with Crippen LogP contribution in [0.3, 0.4) is 0 Å². The first-order chi connectivity index (χ1) is 7.93. The van der Waals surface area contributed by atoms with Gasteiger partial charge < -0.3 is 10.3 Å². The Labute approximate surface area is 99.3 Å². The summed E-state index contributed by atoms with van der Waals surface area (Å²) >= 11 is 0. The molecular formula is C9H14N4O3S. The molecule has 0 saturated carbocycles. The van der Waals surface area contributed by atoms with Crippen molar-refractivity contribution in [3.05, 3.63) is 12.0 Å². The van der Waals surface area contributed by atoms with E-state index in [2.05, 4.69) is 15.3 Å². The highest BCUT2D eigenvalue weighted by Gasteiger charge is 2.36. The molecule has 94 valence electrons. The van der Waals surface area contributed by atoms with Crippen molar-refractivity contribution in [2.75, 3.05) is 13.1 Å². The molecule has 1 atom stereocenters. The van der Waals surface area contributed by atoms with Gasteiger partial charge in [-0.1, -0.05) is 0 Å². The van der Waals surface area contributed by atoms with Gasteiger partial charge in [0.2, 0.25) is 5.91 Å². The van der Waals surface area contributed by atoms with Crippen molar-refractivity contribution < 1.29 is 13.2 Å². The summed E-state index contributed by atoms with van der Waals surface area (Å²) in [6.45, 7) is 3.84. The first-order valence-electron chi connectivity index (χ1n) is 5.24. The molecule has 1 unspecified atom stereocenters. The number of nitrogens with one attached hydrogen (secondary N) is 2. The van der Waals surface area contributed by atoms with Crippen molar-refractivity contribution in [1.29, 1.82) is 0 Å². The average molecular weight is 258 g/mol. The number of aromatic amines is 1. The highest BCUT2D eigenvalue weighted by Crippen LogP contribution is 2.17. The number of hydrogen-bond acceptors (Lipinski definition) is 4. The normalized spacial score (nSPS) is 22.5. The molecule has 2 heterocycles. The Morgan fingerprint density at radius 1 is 1.53 bits per heavy atom. The lowest BCUT2D eigenvalue weighted by Crippen LogP contribution is -2.55. The van der Waals surface area contributed by atoms with Crippen LogP contribution in [0.4, 0.5) is 0 Å². The van der Waals surface area contributed by atoms with Gasteiger partial charge in [-0.15, -0.1) is 0 Å². The van der Waals surface area contributed by atoms with Crippen LogP contribution in [0.2, 0.25) is 0 Å². The lowest BCUT2D eigenvalue weighted by molar-refractivity contribution is -0.126. The minimum Gasteiger partial charge on any atom is -0.353 e. The molecule has 1 amide bonds. The summed E-state index contributed by atoms with van der Waals surface area (Å²) in [4.78, 5) is 18.0. The van der Waals surface area contributed by atoms with Crippen LogP contribution >= 0.6 is 0 Å². The zero-order valence-electron chi connectivity index (χ0n) is 9.60. The third-order valence-electron chi connectivity index (χ3n) is 2.71. The van der Waals surface area contributed by atoms with E-state index in [4.69, 9.17) is 0 Å². The molecule has 1 fully saturated rings. The van der Waals surface area contributed by atoms with E-state index in [-0.39, 0.29) is 17.5 Å². The minimum absolute atomic E-state index is 0.0246. The Morgan fingerprint density at radius 3 is 2.82 bits per heavy atom. The van der Waals surface area contributed by atoms with Crippen molar-refractivity contribution in [2.24, 2.45) is 0 Å². The number of rotatable bonds is 2. The van der Waals surface area contributed by atoms with Gasteiger partial charge in [0, 0.05) is 13.1 Å². The molecular weight excluding hydrogens is 244 g/mol. The van der Waals surface area contributed by atoms with Gasteiger partial charge in [0.1, 0.15) is 11.9 Å². The molecule has 1 aromatic rings. The molecule has 1 saturated heterocycles. The van der Waals surface area contributed by atoms with Crippen LogP contribution in [0.5, 0.6) is 0 Å². The lowest BCUT2D eigenvalue weighted by atomic mass is 10.2. The van der Waals surface area contributed by atoms with Gasteiger partial charge in [0.25, 0.3) is 10.0 Å². The quantitative estimate of drug-likeness (QED) is 0.728. The fraction of sp³-hybridized carbons (Fsp3) is 0.556. The van der Waals surface area contributed by atoms with E-state index < -0.39 is 16.1 Å². The summed E-state index contributed by atoms with van der Waals surface area (Å²) < 4.78 is 25.6. The molecule has 1 aliphatic rings. The summed E-state index contributed by atoms with van der Waals surface area (Å²) in [5.41, 5.74) is 0. The van der Waals surface area contributed by atoms with Gasteiger partial charge in [0.05, 0.1) is 6.20 Å². The highest BCUT2D eigenvalue weighted by atomic mass is 32.2. The van der Waals surface area contributed by atoms with Gasteiger partial charge in [-0.05, 0) is 13.8 Å². The van der Waals surface area contributed by atoms with Crippen molar-refractivity contribution >= 4 is 15.9 Å². The lowest BCUT2D eigenvalue weighted by Gasteiger charge is -2.31. The monoisotopic (exact) mass is 258 g/mol. The fourth-order valence-electron chi connectivity index (χ4n) is 1.75. The summed E-state index contributed by atoms with van der Waals surface area (Å²) in [6.07, 6.45) is 1.27. The van der Waals surface area contributed by atoms with Crippen molar-refractivity contribution in [1.82, 2.24) is 19.6 Å². The predicted octanol–water partition coefficient (Wildman–Crippen LogP) is -0.773. The minimum atomic E-state index is -3.67. The van der Waals surface area contributed by atoms with E-state index >= 15 is 0 Å². The number of aryl methyl sites for hydroxylation is 1. The Kier molecular flexibility index (Phi) is 2.92. The number of H-pyrrole nitrogens is 1. The molecule has 0 aromatic carbocycles. The second kappa shape index (κ2) is 4.11. The Balaban J connectivity index is 2.35. The number of nitrogens with zero attached hydrogens (tertiary/aromatic N) is 2. The summed E-state index contributed by atoms with van der Waals surface area (Å²) in [6, 6.07) is -0.697. The second-order valence-corrected chi connectivity index (χ2v) is 5.77. The number of hydrogen-bond donors (Lipinski definition) is 2. The highest BCUT2D eigenvalue weighted by molar-refractivity contribution is 7.89. The van der Waals surface area contributed by atoms with Crippen molar-refractivity contribution in [3.8, 4) is 0 Å². The van der Waals surface area contributed by atoms with Crippen LogP contribution in [0.25, 0.3) is 0 Å². The van der Waals surface area contributed by atoms with Gasteiger partial charge in [-0.2, -0.15) is 4.31 Å². The molecule has 1 aliphatic heterocycles. The Morgan fingerprint density at radius 2 is 2.24 bits per heavy atom. The van der Waals surface area contributed by atoms with Crippen LogP contribution in [0.15, 0.2) is 11.2 Å². The Hall–Kier alpha value is -1.41. The van der Waals surface area contributed by atoms with Gasteiger partial charge in [0.15, 0.2) is 5.03 Å². The number of sulfonamides is 1. The molecule has 0 spiro atoms. The van der Waals surface area contributed by atoms with Crippen molar-refractivity contribution in [2.45, 2.75) is 24.9 Å². The summed E-state index contributed by atoms with van der Waals surface area (Å²) in [5.74, 6) is 0.244. The van der Waals surface area contributed by atoms with E-state index in [1.165, 1.54) is 10.5 Å². The maximum atomic E-state index is 12.2. The second-order valence-electron chi connectivity index (χ2n) is 3.92. The molecule has 0 bridgehead atoms. The molecule has 8 heteroatoms. The first kappa shape index (κ1) is 12.1. The maximum Gasteiger partial charge on any atom is 0.260 e. The molecule has 1 aromatic heterocycles. The van der Waals surface area contributed by atoms with Crippen LogP contribution in [0, 0.1) is 6.92 Å². The number of piperazine rings is 1. The largest absolute Gasteiger partial charge is 0.353 e. The summed E-state index contributed by atoms with van der Waals surface area (Å²) in [7, 11) is -3.67. The van der Waals surface area contributed by atoms with Crippen LogP contribution < -0.4 is 5.32 Å². The third-order valence-corrected chi connectivity index (χ3v) is 4.59. The van der Waals surface area contributed by atoms with E-state index in [1.54, 1.807) is 13.8 Å². The van der Waals surface area contributed by atoms with Crippen LogP contribution in [-0.4, -0.2) is 47.7 Å². The SMILES string of the molecule is Cc1ncc(S(=O)(=O)N2CCNC(=O)C2C)[nH]1. The van der Waals surface area contributed by atoms with Crippen molar-refractivity contribution in [3.63, 3.8) is 0 Å². The number of carbonyl (C=O) groups excluding carboxylic acids is 1. The zero-order valence-corrected chi connectivity index (χ0v) is 10.4. The van der Waals surface area contributed by atoms with Gasteiger partial charge >= 0.3 is 0 Å². The molecule has 2 rings (SSSR count). The third kappa shape index (κ3) is 2.05. The standard InChI is InChI=1S/C9H14N4O3S/c1-6-9(14)10-3-4-13(6)17(15,16)8-5-11-7(2)12-8/h5-6H,3-4H2,1-2H3,(H,10,14)(H,11,12). The van der Waals surface area contributed by atoms with E-state index in [0.29, 0.717) is 12.4 Å². The number of aromatic nitrogens is 2. The van der Waals surface area contributed by atoms with E-state index in [0.717, 1.165) is 0 Å². The van der Waals surface area contributed by atoms with Gasteiger partial charge in [-0.25, -0.2) is 13.4 Å².